The highest BCUT2D eigenvalue weighted by Gasteiger charge is 2.43. The number of nitrogens with zero attached hydrogens (tertiary/aromatic N) is 1. The van der Waals surface area contributed by atoms with Crippen LogP contribution in [-0.4, -0.2) is 58.6 Å². The smallest absolute Gasteiger partial charge is 0.184 e. The summed E-state index contributed by atoms with van der Waals surface area (Å²) in [7, 11) is 5.66. The number of carbonyl (C=O) groups is 2. The number of carbonyl (C=O) groups excluding carboxylic acids is 2. The van der Waals surface area contributed by atoms with Gasteiger partial charge in [0.15, 0.2) is 11.4 Å². The number of aliphatic hydroxyl groups is 1. The lowest BCUT2D eigenvalue weighted by Gasteiger charge is -2.36. The van der Waals surface area contributed by atoms with Gasteiger partial charge in [-0.15, -0.1) is 0 Å². The van der Waals surface area contributed by atoms with Crippen molar-refractivity contribution in [2.75, 3.05) is 27.7 Å². The van der Waals surface area contributed by atoms with Crippen molar-refractivity contribution in [1.29, 1.82) is 0 Å². The van der Waals surface area contributed by atoms with E-state index in [2.05, 4.69) is 35.5 Å². The Hall–Kier alpha value is -0.0400. The van der Waals surface area contributed by atoms with Crippen molar-refractivity contribution in [3.8, 4) is 0 Å². The van der Waals surface area contributed by atoms with Gasteiger partial charge in [-0.2, -0.15) is 0 Å². The lowest BCUT2D eigenvalue weighted by Crippen LogP contribution is -2.56. The molecule has 1 N–H and O–H groups in total. The molecule has 0 rings (SSSR count). The van der Waals surface area contributed by atoms with Crippen LogP contribution in [0.5, 0.6) is 0 Å². The molecule has 160 valence electrons. The Morgan fingerprint density at radius 3 is 1.81 bits per heavy atom. The predicted molar refractivity (Wildman–Crippen MR) is 119 cm³/mol. The number of hydrogen-bond donors (Lipinski definition) is 1. The van der Waals surface area contributed by atoms with Crippen molar-refractivity contribution in [2.24, 2.45) is 0 Å². The number of hydrogen-bond acceptors (Lipinski definition) is 4. The molecule has 6 heteroatoms. The van der Waals surface area contributed by atoms with Crippen LogP contribution in [0.4, 0.5) is 0 Å². The summed E-state index contributed by atoms with van der Waals surface area (Å²) < 4.78 is 0.392. The number of quaternary nitrogens is 1. The Kier molecular flexibility index (Phi) is 14.0. The van der Waals surface area contributed by atoms with Gasteiger partial charge in [0.05, 0.1) is 26.0 Å². The highest BCUT2D eigenvalue weighted by molar-refractivity contribution is 9.10. The van der Waals surface area contributed by atoms with Gasteiger partial charge in [-0.25, -0.2) is 0 Å². The van der Waals surface area contributed by atoms with Crippen LogP contribution >= 0.6 is 15.9 Å². The zero-order chi connectivity index (χ0) is 20.9. The monoisotopic (exact) mass is 465 g/mol. The van der Waals surface area contributed by atoms with E-state index in [0.29, 0.717) is 10.9 Å². The maximum absolute atomic E-state index is 12.8. The number of unbranched alkanes of at least 4 members (excludes halogenated alkanes) is 9. The van der Waals surface area contributed by atoms with Crippen LogP contribution in [0, 0.1) is 0 Å². The summed E-state index contributed by atoms with van der Waals surface area (Å²) in [6, 6.07) is 0. The van der Waals surface area contributed by atoms with Crippen molar-refractivity contribution in [3.63, 3.8) is 0 Å². The van der Waals surface area contributed by atoms with E-state index in [1.165, 1.54) is 51.4 Å². The molecule has 0 amide bonds. The minimum Gasteiger partial charge on any atom is -0.742 e. The highest BCUT2D eigenvalue weighted by Crippen LogP contribution is 2.24. The number of Topliss-reactive ketones (excluding diaryl/α,β-unsaturated/α-hetero) is 1. The van der Waals surface area contributed by atoms with Gasteiger partial charge in [-0.1, -0.05) is 87.1 Å². The third-order valence-corrected chi connectivity index (χ3v) is 5.74. The van der Waals surface area contributed by atoms with E-state index in [4.69, 9.17) is 0 Å². The Morgan fingerprint density at radius 2 is 1.41 bits per heavy atom. The molecule has 0 bridgehead atoms. The molecule has 0 saturated heterocycles. The Labute approximate surface area is 180 Å². The van der Waals surface area contributed by atoms with Crippen molar-refractivity contribution in [3.05, 3.63) is 0 Å². The summed E-state index contributed by atoms with van der Waals surface area (Å²) in [4.78, 5) is 23.7. The van der Waals surface area contributed by atoms with Crippen molar-refractivity contribution in [2.45, 2.75) is 94.4 Å². The molecule has 0 aromatic heterocycles. The molecule has 0 aliphatic carbocycles. The summed E-state index contributed by atoms with van der Waals surface area (Å²) in [6.07, 6.45) is 12.8. The molecule has 0 aromatic carbocycles. The molecule has 0 saturated carbocycles. The number of rotatable bonds is 17. The molecule has 0 spiro atoms. The molecule has 0 aliphatic rings. The van der Waals surface area contributed by atoms with E-state index in [9.17, 15) is 14.7 Å². The molecule has 2 unspecified atom stereocenters. The fourth-order valence-corrected chi connectivity index (χ4v) is 4.47. The fourth-order valence-electron chi connectivity index (χ4n) is 3.48. The van der Waals surface area contributed by atoms with E-state index < -0.39 is 15.5 Å². The third kappa shape index (κ3) is 13.7. The molecule has 0 aromatic rings. The second-order valence-corrected chi connectivity index (χ2v) is 10.4. The van der Waals surface area contributed by atoms with E-state index in [-0.39, 0.29) is 18.7 Å². The third-order valence-electron chi connectivity index (χ3n) is 4.73. The largest absolute Gasteiger partial charge is 0.742 e. The topological polar surface area (TPSA) is 54.4 Å². The molecule has 0 radical (unpaired) electrons. The van der Waals surface area contributed by atoms with E-state index >= 15 is 0 Å². The van der Waals surface area contributed by atoms with Gasteiger partial charge < -0.3 is 27.0 Å². The van der Waals surface area contributed by atoms with Crippen molar-refractivity contribution < 1.29 is 19.2 Å². The minimum absolute atomic E-state index is 0.175. The van der Waals surface area contributed by atoms with Gasteiger partial charge in [-0.05, 0) is 6.42 Å². The lowest BCUT2D eigenvalue weighted by atomic mass is 9.90. The van der Waals surface area contributed by atoms with E-state index in [1.54, 1.807) is 0 Å². The first kappa shape index (κ1) is 27.0. The van der Waals surface area contributed by atoms with Crippen LogP contribution < -0.4 is 0 Å². The highest BCUT2D eigenvalue weighted by atomic mass is 79.9. The Balaban J connectivity index is 4.21. The summed E-state index contributed by atoms with van der Waals surface area (Å²) in [5, 5.41) is 10.3. The molecular formula is C21H40BrNO3S. The maximum Gasteiger partial charge on any atom is 0.184 e. The normalized spacial score (nSPS) is 15.3. The average Bonchev–Trinajstić information content (AvgIpc) is 2.53. The molecule has 4 nitrogen and oxygen atoms in total. The average molecular weight is 467 g/mol. The minimum atomic E-state index is -1.69. The van der Waals surface area contributed by atoms with Crippen LogP contribution in [0.25, 0.3) is 0 Å². The fraction of sp³-hybridized carbons (Fsp3) is 0.905. The standard InChI is InChI=1S/C21H40BrNO3S/c1-5-6-7-8-9-10-11-12-13-14-15-18(22)20(25)21(26,16-19(24)27)17-23(2,3)4/h18,26H,5-17H2,1-4H3. The number of ketones is 1. The maximum atomic E-state index is 12.8. The van der Waals surface area contributed by atoms with Crippen LogP contribution in [0.1, 0.15) is 84.0 Å². The molecular weight excluding hydrogens is 426 g/mol. The number of alkyl halides is 1. The second-order valence-electron chi connectivity index (χ2n) is 8.83. The molecule has 27 heavy (non-hydrogen) atoms. The summed E-state index contributed by atoms with van der Waals surface area (Å²) in [5.41, 5.74) is -1.69. The quantitative estimate of drug-likeness (QED) is 0.148. The van der Waals surface area contributed by atoms with Gasteiger partial charge in [0.25, 0.3) is 0 Å². The number of likely N-dealkylation sites (N-methyl/N-ethyl adjacent to an activating group) is 1. The van der Waals surface area contributed by atoms with Crippen LogP contribution in [0.15, 0.2) is 0 Å². The molecule has 0 heterocycles. The summed E-state index contributed by atoms with van der Waals surface area (Å²) in [5.74, 6) is -0.315. The molecule has 0 aliphatic heterocycles. The Bertz CT molecular complexity index is 440. The predicted octanol–water partition coefficient (Wildman–Crippen LogP) is 4.53. The first-order valence-electron chi connectivity index (χ1n) is 10.4. The second kappa shape index (κ2) is 14.0. The SMILES string of the molecule is CCCCCCCCCCCCC(Br)C(=O)C(O)(CC(=O)[S-])C[N+](C)(C)C. The van der Waals surface area contributed by atoms with Crippen LogP contribution in [0.3, 0.4) is 0 Å². The van der Waals surface area contributed by atoms with Gasteiger partial charge in [0.1, 0.15) is 6.54 Å². The number of halogens is 1. The molecule has 0 fully saturated rings. The first-order chi connectivity index (χ1) is 12.5. The summed E-state index contributed by atoms with van der Waals surface area (Å²) >= 11 is 8.06. The zero-order valence-corrected chi connectivity index (χ0v) is 20.2. The van der Waals surface area contributed by atoms with Gasteiger partial charge >= 0.3 is 0 Å². The van der Waals surface area contributed by atoms with E-state index in [0.717, 1.165) is 12.8 Å². The summed E-state index contributed by atoms with van der Waals surface area (Å²) in [6.45, 7) is 2.41. The zero-order valence-electron chi connectivity index (χ0n) is 17.8. The van der Waals surface area contributed by atoms with Gasteiger partial charge in [0, 0.05) is 11.5 Å². The Morgan fingerprint density at radius 1 is 0.963 bits per heavy atom. The lowest BCUT2D eigenvalue weighted by molar-refractivity contribution is -0.875. The van der Waals surface area contributed by atoms with Gasteiger partial charge in [-0.3, -0.25) is 4.79 Å². The van der Waals surface area contributed by atoms with Crippen molar-refractivity contribution >= 4 is 39.5 Å². The molecule has 2 atom stereocenters. The van der Waals surface area contributed by atoms with Crippen LogP contribution in [-0.2, 0) is 22.2 Å². The van der Waals surface area contributed by atoms with E-state index in [1.807, 2.05) is 21.1 Å². The van der Waals surface area contributed by atoms with Crippen molar-refractivity contribution in [1.82, 2.24) is 0 Å². The van der Waals surface area contributed by atoms with Crippen LogP contribution in [0.2, 0.25) is 0 Å². The van der Waals surface area contributed by atoms with Gasteiger partial charge in [0.2, 0.25) is 0 Å². The first-order valence-corrected chi connectivity index (χ1v) is 11.8.